The van der Waals surface area contributed by atoms with E-state index < -0.39 is 11.7 Å². The van der Waals surface area contributed by atoms with E-state index in [2.05, 4.69) is 32.6 Å². The van der Waals surface area contributed by atoms with Gasteiger partial charge in [0, 0.05) is 54.6 Å². The number of amides is 1. The highest BCUT2D eigenvalue weighted by Crippen LogP contribution is 2.31. The van der Waals surface area contributed by atoms with Gasteiger partial charge in [0.1, 0.15) is 17.7 Å². The van der Waals surface area contributed by atoms with Crippen molar-refractivity contribution in [3.05, 3.63) is 59.8 Å². The lowest BCUT2D eigenvalue weighted by Crippen LogP contribution is -2.35. The van der Waals surface area contributed by atoms with Crippen LogP contribution in [0.2, 0.25) is 0 Å². The first-order valence-electron chi connectivity index (χ1n) is 11.5. The number of aliphatic hydroxyl groups excluding tert-OH is 1. The Hall–Kier alpha value is -3.76. The van der Waals surface area contributed by atoms with E-state index in [4.69, 9.17) is 4.74 Å². The third-order valence-corrected chi connectivity index (χ3v) is 6.29. The molecule has 1 amide bonds. The monoisotopic (exact) mass is 478 g/mol. The highest BCUT2D eigenvalue weighted by atomic mass is 19.1. The van der Waals surface area contributed by atoms with Gasteiger partial charge in [0.05, 0.1) is 17.8 Å². The van der Waals surface area contributed by atoms with E-state index in [-0.39, 0.29) is 24.0 Å². The van der Waals surface area contributed by atoms with Gasteiger partial charge in [-0.05, 0) is 50.2 Å². The van der Waals surface area contributed by atoms with Crippen molar-refractivity contribution >= 4 is 22.5 Å². The number of halogens is 1. The van der Waals surface area contributed by atoms with E-state index in [0.717, 1.165) is 31.7 Å². The second-order valence-corrected chi connectivity index (χ2v) is 8.87. The number of aryl methyl sites for hydroxylation is 1. The van der Waals surface area contributed by atoms with Gasteiger partial charge in [0.2, 0.25) is 0 Å². The first-order valence-corrected chi connectivity index (χ1v) is 11.5. The van der Waals surface area contributed by atoms with E-state index in [9.17, 15) is 14.3 Å². The lowest BCUT2D eigenvalue weighted by Gasteiger charge is -2.29. The van der Waals surface area contributed by atoms with Gasteiger partial charge in [-0.1, -0.05) is 0 Å². The number of nitrogens with one attached hydrogen (secondary N) is 2. The molecule has 0 bridgehead atoms. The van der Waals surface area contributed by atoms with Crippen LogP contribution in [0.25, 0.3) is 22.0 Å². The maximum Gasteiger partial charge on any atom is 0.276 e. The van der Waals surface area contributed by atoms with E-state index >= 15 is 0 Å². The van der Waals surface area contributed by atoms with E-state index in [1.807, 2.05) is 12.1 Å². The van der Waals surface area contributed by atoms with Crippen molar-refractivity contribution in [3.8, 4) is 16.9 Å². The quantitative estimate of drug-likeness (QED) is 0.392. The summed E-state index contributed by atoms with van der Waals surface area (Å²) in [7, 11) is 3.80. The van der Waals surface area contributed by atoms with E-state index in [1.54, 1.807) is 31.4 Å². The fourth-order valence-corrected chi connectivity index (χ4v) is 4.40. The molecule has 1 saturated heterocycles. The third-order valence-electron chi connectivity index (χ3n) is 6.29. The average molecular weight is 479 g/mol. The maximum atomic E-state index is 14.8. The van der Waals surface area contributed by atoms with Gasteiger partial charge in [0.15, 0.2) is 5.69 Å². The summed E-state index contributed by atoms with van der Waals surface area (Å²) in [4.78, 5) is 15.3. The lowest BCUT2D eigenvalue weighted by molar-refractivity contribution is 0.102. The number of hydrogen-bond acceptors (Lipinski definition) is 6. The molecule has 35 heavy (non-hydrogen) atoms. The summed E-state index contributed by atoms with van der Waals surface area (Å²) >= 11 is 0. The molecule has 0 saturated carbocycles. The SMILES string of the molecule is CN1CCC(Oc2ccc(NC(=O)c3n[nH]c4cc(F)c(-c5cn(C)nc5CO)cc34)cc2)CC1. The molecule has 2 aromatic carbocycles. The van der Waals surface area contributed by atoms with Crippen molar-refractivity contribution in [2.45, 2.75) is 25.6 Å². The summed E-state index contributed by atoms with van der Waals surface area (Å²) in [6.07, 6.45) is 3.80. The van der Waals surface area contributed by atoms with Crippen LogP contribution in [-0.2, 0) is 13.7 Å². The zero-order chi connectivity index (χ0) is 24.5. The van der Waals surface area contributed by atoms with Crippen molar-refractivity contribution in [3.63, 3.8) is 0 Å². The molecular formula is C25H27FN6O3. The Morgan fingerprint density at radius 2 is 1.94 bits per heavy atom. The fourth-order valence-electron chi connectivity index (χ4n) is 4.40. The largest absolute Gasteiger partial charge is 0.490 e. The molecule has 0 atom stereocenters. The van der Waals surface area contributed by atoms with Crippen molar-refractivity contribution in [2.24, 2.45) is 7.05 Å². The Bertz CT molecular complexity index is 1360. The van der Waals surface area contributed by atoms with Gasteiger partial charge >= 0.3 is 0 Å². The number of aliphatic hydroxyl groups is 1. The molecule has 1 aliphatic rings. The zero-order valence-electron chi connectivity index (χ0n) is 19.6. The molecule has 0 radical (unpaired) electrons. The smallest absolute Gasteiger partial charge is 0.276 e. The predicted molar refractivity (Wildman–Crippen MR) is 130 cm³/mol. The molecule has 3 N–H and O–H groups in total. The van der Waals surface area contributed by atoms with Gasteiger partial charge in [-0.2, -0.15) is 10.2 Å². The minimum atomic E-state index is -0.504. The Morgan fingerprint density at radius 1 is 1.20 bits per heavy atom. The minimum Gasteiger partial charge on any atom is -0.490 e. The van der Waals surface area contributed by atoms with Gasteiger partial charge in [-0.25, -0.2) is 4.39 Å². The Kier molecular flexibility index (Phi) is 6.23. The molecule has 5 rings (SSSR count). The molecule has 2 aromatic heterocycles. The number of likely N-dealkylation sites (tertiary alicyclic amines) is 1. The van der Waals surface area contributed by atoms with Crippen LogP contribution >= 0.6 is 0 Å². The van der Waals surface area contributed by atoms with Crippen LogP contribution < -0.4 is 10.1 Å². The number of ether oxygens (including phenoxy) is 1. The van der Waals surface area contributed by atoms with Crippen LogP contribution in [0.4, 0.5) is 10.1 Å². The average Bonchev–Trinajstić information content (AvgIpc) is 3.43. The number of benzene rings is 2. The second kappa shape index (κ2) is 9.47. The highest BCUT2D eigenvalue weighted by Gasteiger charge is 2.21. The van der Waals surface area contributed by atoms with Gasteiger partial charge in [0.25, 0.3) is 5.91 Å². The number of fused-ring (bicyclic) bond motifs is 1. The van der Waals surface area contributed by atoms with Gasteiger partial charge in [-0.15, -0.1) is 0 Å². The number of aromatic amines is 1. The molecule has 4 aromatic rings. The summed E-state index contributed by atoms with van der Waals surface area (Å²) in [5, 5.41) is 23.9. The number of rotatable bonds is 6. The molecule has 1 aliphatic heterocycles. The summed E-state index contributed by atoms with van der Waals surface area (Å²) in [6, 6.07) is 10.1. The first kappa shape index (κ1) is 23.0. The van der Waals surface area contributed by atoms with Crippen LogP contribution in [0.15, 0.2) is 42.6 Å². The molecule has 10 heteroatoms. The van der Waals surface area contributed by atoms with Crippen molar-refractivity contribution in [1.82, 2.24) is 24.9 Å². The Balaban J connectivity index is 1.34. The molecule has 0 unspecified atom stereocenters. The normalized spacial score (nSPS) is 15.0. The molecule has 1 fully saturated rings. The van der Waals surface area contributed by atoms with Crippen LogP contribution in [-0.4, -0.2) is 62.1 Å². The fraction of sp³-hybridized carbons (Fsp3) is 0.320. The zero-order valence-corrected chi connectivity index (χ0v) is 19.6. The highest BCUT2D eigenvalue weighted by molar-refractivity contribution is 6.11. The predicted octanol–water partition coefficient (Wildman–Crippen LogP) is 3.32. The topological polar surface area (TPSA) is 108 Å². The van der Waals surface area contributed by atoms with Gasteiger partial charge in [-0.3, -0.25) is 14.6 Å². The number of carbonyl (C=O) groups is 1. The summed E-state index contributed by atoms with van der Waals surface area (Å²) < 4.78 is 22.4. The third kappa shape index (κ3) is 4.75. The molecule has 0 spiro atoms. The van der Waals surface area contributed by atoms with Crippen LogP contribution in [0.5, 0.6) is 5.75 Å². The number of carbonyl (C=O) groups excluding carboxylic acids is 1. The lowest BCUT2D eigenvalue weighted by atomic mass is 10.0. The molecule has 0 aliphatic carbocycles. The molecular weight excluding hydrogens is 451 g/mol. The number of nitrogens with zero attached hydrogens (tertiary/aromatic N) is 4. The molecule has 3 heterocycles. The first-order chi connectivity index (χ1) is 16.9. The van der Waals surface area contributed by atoms with Crippen LogP contribution in [0, 0.1) is 5.82 Å². The number of anilines is 1. The number of hydrogen-bond donors (Lipinski definition) is 3. The van der Waals surface area contributed by atoms with E-state index in [0.29, 0.717) is 27.8 Å². The summed E-state index contributed by atoms with van der Waals surface area (Å²) in [5.41, 5.74) is 2.18. The maximum absolute atomic E-state index is 14.8. The van der Waals surface area contributed by atoms with Crippen molar-refractivity contribution in [1.29, 1.82) is 0 Å². The van der Waals surface area contributed by atoms with Crippen molar-refractivity contribution in [2.75, 3.05) is 25.5 Å². The number of H-pyrrole nitrogens is 1. The minimum absolute atomic E-state index is 0.141. The Labute approximate surface area is 201 Å². The summed E-state index contributed by atoms with van der Waals surface area (Å²) in [6.45, 7) is 1.71. The van der Waals surface area contributed by atoms with Crippen LogP contribution in [0.3, 0.4) is 0 Å². The van der Waals surface area contributed by atoms with Crippen molar-refractivity contribution < 1.29 is 19.0 Å². The van der Waals surface area contributed by atoms with Gasteiger partial charge < -0.3 is 20.1 Å². The van der Waals surface area contributed by atoms with E-state index in [1.165, 1.54) is 10.7 Å². The van der Waals surface area contributed by atoms with Crippen LogP contribution in [0.1, 0.15) is 29.0 Å². The number of piperidine rings is 1. The second-order valence-electron chi connectivity index (χ2n) is 8.87. The number of aromatic nitrogens is 4. The standard InChI is InChI=1S/C25H27FN6O3/c1-31-9-7-17(8-10-31)35-16-5-3-15(4-6-16)27-25(34)24-19-11-18(21(26)12-22(19)28-29-24)20-13-32(2)30-23(20)14-33/h3-6,11-13,17,33H,7-10,14H2,1-2H3,(H,27,34)(H,28,29). The molecule has 9 nitrogen and oxygen atoms in total. The molecule has 182 valence electrons. The Morgan fingerprint density at radius 3 is 2.66 bits per heavy atom. The summed E-state index contributed by atoms with van der Waals surface area (Å²) in [5.74, 6) is -0.165.